The normalized spacial score (nSPS) is 17.8. The summed E-state index contributed by atoms with van der Waals surface area (Å²) in [7, 11) is 0. The highest BCUT2D eigenvalue weighted by atomic mass is 79.9. The molecular formula is C24H24BrN5O4. The van der Waals surface area contributed by atoms with Crippen LogP contribution in [0.2, 0.25) is 0 Å². The van der Waals surface area contributed by atoms with E-state index in [2.05, 4.69) is 31.0 Å². The zero-order chi connectivity index (χ0) is 23.7. The number of carboxylic acid groups (broad SMARTS) is 1. The number of aromatic nitrogens is 1. The van der Waals surface area contributed by atoms with Crippen molar-refractivity contribution in [2.45, 2.75) is 0 Å². The zero-order valence-corrected chi connectivity index (χ0v) is 20.0. The summed E-state index contributed by atoms with van der Waals surface area (Å²) in [6, 6.07) is 13.4. The van der Waals surface area contributed by atoms with Gasteiger partial charge in [-0.1, -0.05) is 39.3 Å². The van der Waals surface area contributed by atoms with Crippen LogP contribution in [-0.4, -0.2) is 88.3 Å². The third kappa shape index (κ3) is 4.56. The number of nitrogens with zero attached hydrogens (tertiary/aromatic N) is 4. The number of carbonyl (C=O) groups is 1. The molecule has 0 amide bonds. The van der Waals surface area contributed by atoms with E-state index in [9.17, 15) is 9.90 Å². The zero-order valence-electron chi connectivity index (χ0n) is 18.4. The number of carboxylic acids is 1. The third-order valence-electron chi connectivity index (χ3n) is 6.07. The Hall–Kier alpha value is -3.21. The first kappa shape index (κ1) is 22.6. The molecule has 1 aromatic heterocycles. The predicted octanol–water partition coefficient (Wildman–Crippen LogP) is 3.19. The van der Waals surface area contributed by atoms with E-state index < -0.39 is 5.97 Å². The van der Waals surface area contributed by atoms with E-state index >= 15 is 0 Å². The molecule has 0 unspecified atom stereocenters. The summed E-state index contributed by atoms with van der Waals surface area (Å²) in [4.78, 5) is 28.6. The number of halogens is 1. The Morgan fingerprint density at radius 1 is 1.15 bits per heavy atom. The molecule has 176 valence electrons. The van der Waals surface area contributed by atoms with Gasteiger partial charge in [0.2, 0.25) is 0 Å². The maximum atomic E-state index is 10.9. The van der Waals surface area contributed by atoms with Crippen molar-refractivity contribution in [3.8, 4) is 5.88 Å². The SMILES string of the molecule is O=C(O)CN1CCN(CCON=C2C(c3c(O)[nH]c4ccc(Br)cc34)=Nc3ccccc32)CC1. The summed E-state index contributed by atoms with van der Waals surface area (Å²) in [6.07, 6.45) is 0. The molecule has 1 saturated heterocycles. The Balaban J connectivity index is 1.32. The number of aliphatic imine (C=N–C) groups is 1. The summed E-state index contributed by atoms with van der Waals surface area (Å²) in [5.41, 5.74) is 4.16. The minimum absolute atomic E-state index is 0.0339. The van der Waals surface area contributed by atoms with E-state index in [-0.39, 0.29) is 12.4 Å². The Morgan fingerprint density at radius 3 is 2.71 bits per heavy atom. The first-order valence-corrected chi connectivity index (χ1v) is 11.8. The van der Waals surface area contributed by atoms with Crippen LogP contribution >= 0.6 is 15.9 Å². The lowest BCUT2D eigenvalue weighted by Gasteiger charge is -2.33. The standard InChI is InChI=1S/C24H24BrN5O4/c25-15-5-6-19-17(13-15)21(24(33)27-19)23-22(16-3-1-2-4-18(16)26-23)28-34-12-11-29-7-9-30(10-8-29)14-20(31)32/h1-6,13,27,33H,7-12,14H2,(H,31,32). The number of oxime groups is 1. The molecule has 0 bridgehead atoms. The van der Waals surface area contributed by atoms with Gasteiger partial charge in [-0.25, -0.2) is 4.99 Å². The van der Waals surface area contributed by atoms with Crippen LogP contribution in [0.15, 0.2) is 57.1 Å². The van der Waals surface area contributed by atoms with Crippen LogP contribution in [0.4, 0.5) is 5.69 Å². The number of aromatic hydroxyl groups is 1. The fraction of sp³-hybridized carbons (Fsp3) is 0.292. The molecule has 0 atom stereocenters. The number of hydrogen-bond donors (Lipinski definition) is 3. The number of aromatic amines is 1. The van der Waals surface area contributed by atoms with Gasteiger partial charge in [0.25, 0.3) is 0 Å². The first-order valence-electron chi connectivity index (χ1n) is 11.0. The molecule has 0 aliphatic carbocycles. The maximum absolute atomic E-state index is 10.9. The number of hydrogen-bond acceptors (Lipinski definition) is 7. The van der Waals surface area contributed by atoms with Crippen LogP contribution in [0.1, 0.15) is 11.1 Å². The molecule has 0 spiro atoms. The number of piperazine rings is 1. The molecular weight excluding hydrogens is 502 g/mol. The van der Waals surface area contributed by atoms with Gasteiger partial charge in [-0.2, -0.15) is 0 Å². The monoisotopic (exact) mass is 525 g/mol. The van der Waals surface area contributed by atoms with E-state index in [1.165, 1.54) is 0 Å². The van der Waals surface area contributed by atoms with E-state index in [4.69, 9.17) is 14.9 Å². The van der Waals surface area contributed by atoms with Gasteiger partial charge in [-0.05, 0) is 24.3 Å². The molecule has 3 heterocycles. The van der Waals surface area contributed by atoms with Gasteiger partial charge in [0.05, 0.1) is 17.8 Å². The number of para-hydroxylation sites is 1. The van der Waals surface area contributed by atoms with Crippen LogP contribution < -0.4 is 0 Å². The van der Waals surface area contributed by atoms with Gasteiger partial charge in [-0.15, -0.1) is 0 Å². The maximum Gasteiger partial charge on any atom is 0.317 e. The topological polar surface area (TPSA) is 114 Å². The second-order valence-corrected chi connectivity index (χ2v) is 9.22. The third-order valence-corrected chi connectivity index (χ3v) is 6.57. The van der Waals surface area contributed by atoms with Crippen molar-refractivity contribution in [2.24, 2.45) is 10.1 Å². The molecule has 34 heavy (non-hydrogen) atoms. The lowest BCUT2D eigenvalue weighted by molar-refractivity contribution is -0.138. The van der Waals surface area contributed by atoms with Crippen LogP contribution in [0.25, 0.3) is 10.9 Å². The van der Waals surface area contributed by atoms with E-state index in [0.29, 0.717) is 30.1 Å². The predicted molar refractivity (Wildman–Crippen MR) is 133 cm³/mol. The molecule has 0 radical (unpaired) electrons. The van der Waals surface area contributed by atoms with Gasteiger partial charge in [-0.3, -0.25) is 14.6 Å². The summed E-state index contributed by atoms with van der Waals surface area (Å²) < 4.78 is 0.898. The number of H-pyrrole nitrogens is 1. The van der Waals surface area contributed by atoms with E-state index in [1.54, 1.807) is 0 Å². The molecule has 2 aliphatic rings. The van der Waals surface area contributed by atoms with Crippen LogP contribution in [0.5, 0.6) is 5.88 Å². The Morgan fingerprint density at radius 2 is 1.91 bits per heavy atom. The minimum atomic E-state index is -0.796. The van der Waals surface area contributed by atoms with E-state index in [1.807, 2.05) is 47.4 Å². The molecule has 10 heteroatoms. The van der Waals surface area contributed by atoms with Crippen molar-refractivity contribution in [3.63, 3.8) is 0 Å². The summed E-state index contributed by atoms with van der Waals surface area (Å²) in [5.74, 6) is -0.762. The quantitative estimate of drug-likeness (QED) is 0.322. The summed E-state index contributed by atoms with van der Waals surface area (Å²) >= 11 is 3.51. The summed E-state index contributed by atoms with van der Waals surface area (Å²) in [5, 5.41) is 24.9. The van der Waals surface area contributed by atoms with Crippen molar-refractivity contribution in [1.82, 2.24) is 14.8 Å². The van der Waals surface area contributed by atoms with Crippen LogP contribution in [0.3, 0.4) is 0 Å². The van der Waals surface area contributed by atoms with Crippen molar-refractivity contribution in [2.75, 3.05) is 45.9 Å². The van der Waals surface area contributed by atoms with Gasteiger partial charge >= 0.3 is 5.97 Å². The summed E-state index contributed by atoms with van der Waals surface area (Å²) in [6.45, 7) is 4.19. The molecule has 2 aliphatic heterocycles. The van der Waals surface area contributed by atoms with Gasteiger partial charge in [0.15, 0.2) is 5.88 Å². The second-order valence-electron chi connectivity index (χ2n) is 8.30. The highest BCUT2D eigenvalue weighted by Gasteiger charge is 2.29. The van der Waals surface area contributed by atoms with Gasteiger partial charge < -0.3 is 20.0 Å². The molecule has 2 aromatic carbocycles. The molecule has 9 nitrogen and oxygen atoms in total. The lowest BCUT2D eigenvalue weighted by atomic mass is 10.0. The van der Waals surface area contributed by atoms with Crippen LogP contribution in [0, 0.1) is 0 Å². The molecule has 5 rings (SSSR count). The number of aliphatic carboxylic acids is 1. The Kier molecular flexibility index (Phi) is 6.36. The largest absolute Gasteiger partial charge is 0.494 e. The van der Waals surface area contributed by atoms with Crippen molar-refractivity contribution >= 4 is 49.9 Å². The number of benzene rings is 2. The van der Waals surface area contributed by atoms with Gasteiger partial charge in [0.1, 0.15) is 18.0 Å². The highest BCUT2D eigenvalue weighted by molar-refractivity contribution is 9.10. The highest BCUT2D eigenvalue weighted by Crippen LogP contribution is 2.36. The minimum Gasteiger partial charge on any atom is -0.494 e. The van der Waals surface area contributed by atoms with Crippen molar-refractivity contribution in [3.05, 3.63) is 58.1 Å². The molecule has 3 N–H and O–H groups in total. The van der Waals surface area contributed by atoms with Crippen LogP contribution in [-0.2, 0) is 9.63 Å². The molecule has 1 fully saturated rings. The van der Waals surface area contributed by atoms with E-state index in [0.717, 1.165) is 52.8 Å². The van der Waals surface area contributed by atoms with Gasteiger partial charge in [0, 0.05) is 53.7 Å². The average Bonchev–Trinajstić information content (AvgIpc) is 3.33. The average molecular weight is 526 g/mol. The number of rotatable bonds is 7. The van der Waals surface area contributed by atoms with Crippen molar-refractivity contribution in [1.29, 1.82) is 0 Å². The fourth-order valence-corrected chi connectivity index (χ4v) is 4.73. The number of fused-ring (bicyclic) bond motifs is 2. The molecule has 3 aromatic rings. The lowest BCUT2D eigenvalue weighted by Crippen LogP contribution is -2.48. The fourth-order valence-electron chi connectivity index (χ4n) is 4.37. The Bertz CT molecular complexity index is 1290. The number of nitrogens with one attached hydrogen (secondary N) is 1. The Labute approximate surface area is 204 Å². The molecule has 0 saturated carbocycles. The smallest absolute Gasteiger partial charge is 0.317 e. The van der Waals surface area contributed by atoms with Crippen molar-refractivity contribution < 1.29 is 19.8 Å². The second kappa shape index (κ2) is 9.57. The first-order chi connectivity index (χ1) is 16.5.